The van der Waals surface area contributed by atoms with Crippen molar-refractivity contribution in [2.45, 2.75) is 89.3 Å². The lowest BCUT2D eigenvalue weighted by Gasteiger charge is -2.23. The van der Waals surface area contributed by atoms with Crippen molar-refractivity contribution in [2.75, 3.05) is 46.1 Å². The van der Waals surface area contributed by atoms with Crippen LogP contribution in [0.2, 0.25) is 0 Å². The van der Waals surface area contributed by atoms with E-state index >= 15 is 0 Å². The monoisotopic (exact) mass is 757 g/mol. The molecule has 292 valence electrons. The lowest BCUT2D eigenvalue weighted by molar-refractivity contribution is -0.132. The van der Waals surface area contributed by atoms with E-state index in [1.54, 1.807) is 13.8 Å². The maximum absolute atomic E-state index is 13.3. The summed E-state index contributed by atoms with van der Waals surface area (Å²) < 4.78 is 10.7. The highest BCUT2D eigenvalue weighted by atomic mass is 32.1. The number of hydrogen-bond acceptors (Lipinski definition) is 11. The van der Waals surface area contributed by atoms with Gasteiger partial charge in [-0.3, -0.25) is 28.8 Å². The Bertz CT molecular complexity index is 1520. The van der Waals surface area contributed by atoms with Crippen molar-refractivity contribution in [3.05, 3.63) is 48.0 Å². The van der Waals surface area contributed by atoms with Crippen LogP contribution in [0.1, 0.15) is 70.8 Å². The van der Waals surface area contributed by atoms with Crippen molar-refractivity contribution in [1.82, 2.24) is 21.3 Å². The molecule has 15 nitrogen and oxygen atoms in total. The van der Waals surface area contributed by atoms with Crippen LogP contribution in [0.15, 0.2) is 47.5 Å². The van der Waals surface area contributed by atoms with E-state index in [0.29, 0.717) is 65.0 Å². The Balaban J connectivity index is 1.82. The first-order chi connectivity index (χ1) is 25.4. The summed E-state index contributed by atoms with van der Waals surface area (Å²) in [6, 6.07) is 12.0. The first kappa shape index (κ1) is 44.8. The average Bonchev–Trinajstić information content (AvgIpc) is 3.12. The van der Waals surface area contributed by atoms with Gasteiger partial charge in [-0.25, -0.2) is 10.9 Å². The number of rotatable bonds is 28. The maximum Gasteiger partial charge on any atom is 0.242 e. The highest BCUT2D eigenvalue weighted by Crippen LogP contribution is 2.16. The molecule has 2 rings (SSSR count). The molecule has 8 N–H and O–H groups in total. The van der Waals surface area contributed by atoms with Gasteiger partial charge in [-0.2, -0.15) is 0 Å². The number of amides is 5. The van der Waals surface area contributed by atoms with Crippen molar-refractivity contribution < 1.29 is 38.3 Å². The summed E-state index contributed by atoms with van der Waals surface area (Å²) in [6.07, 6.45) is 3.08. The zero-order valence-electron chi connectivity index (χ0n) is 30.8. The molecule has 0 saturated heterocycles. The summed E-state index contributed by atoms with van der Waals surface area (Å²) in [7, 11) is 0. The second-order valence-corrected chi connectivity index (χ2v) is 13.3. The lowest BCUT2D eigenvalue weighted by atomic mass is 10.0. The van der Waals surface area contributed by atoms with Crippen LogP contribution in [0.5, 0.6) is 0 Å². The van der Waals surface area contributed by atoms with Crippen molar-refractivity contribution in [3.8, 4) is 0 Å². The normalized spacial score (nSPS) is 12.3. The van der Waals surface area contributed by atoms with E-state index in [-0.39, 0.29) is 56.6 Å². The summed E-state index contributed by atoms with van der Waals surface area (Å²) in [5, 5.41) is 15.6. The van der Waals surface area contributed by atoms with Crippen LogP contribution < -0.4 is 32.9 Å². The predicted molar refractivity (Wildman–Crippen MR) is 205 cm³/mol. The molecule has 0 aliphatic heterocycles. The average molecular weight is 758 g/mol. The fraction of sp³-hybridized carbons (Fsp3) is 0.568. The minimum absolute atomic E-state index is 0.0532. The quantitative estimate of drug-likeness (QED) is 0.0320. The molecular weight excluding hydrogens is 703 g/mol. The number of nitrogens with one attached hydrogen (secondary N) is 4. The molecule has 0 aliphatic rings. The minimum Gasteiger partial charge on any atom is -0.379 e. The van der Waals surface area contributed by atoms with E-state index in [1.165, 1.54) is 0 Å². The number of carbonyl (C=O) groups is 5. The molecule has 0 aromatic heterocycles. The van der Waals surface area contributed by atoms with Crippen molar-refractivity contribution >= 4 is 57.7 Å². The smallest absolute Gasteiger partial charge is 0.242 e. The van der Waals surface area contributed by atoms with Gasteiger partial charge < -0.3 is 36.5 Å². The van der Waals surface area contributed by atoms with Crippen molar-refractivity contribution in [2.24, 2.45) is 16.6 Å². The van der Waals surface area contributed by atoms with Gasteiger partial charge in [0.15, 0.2) is 0 Å². The third-order valence-corrected chi connectivity index (χ3v) is 8.26. The van der Waals surface area contributed by atoms with Gasteiger partial charge in [-0.15, -0.1) is 0 Å². The summed E-state index contributed by atoms with van der Waals surface area (Å²) in [6.45, 7) is 5.89. The zero-order chi connectivity index (χ0) is 38.9. The lowest BCUT2D eigenvalue weighted by Crippen LogP contribution is -2.47. The Kier molecular flexibility index (Phi) is 21.7. The van der Waals surface area contributed by atoms with Crippen LogP contribution in [-0.4, -0.2) is 98.4 Å². The van der Waals surface area contributed by atoms with Crippen LogP contribution in [-0.2, 0) is 44.7 Å². The topological polar surface area (TPSA) is 226 Å². The van der Waals surface area contributed by atoms with E-state index in [0.717, 1.165) is 16.3 Å². The van der Waals surface area contributed by atoms with Crippen LogP contribution in [0.3, 0.4) is 0 Å². The standard InChI is InChI=1S/C37H55N7O8S/c1-37(2,52-39)25-34(47)43-30(35(38)48)11-5-8-17-42-36(49)31(44-33(46)24-27-13-14-28-9-3-4-10-29(28)23-27)12-6-7-16-41-32(45)15-19-50-21-22-51-20-18-40-26-53/h3-4,9-10,13-14,23,30-31H,5-8,11-12,15-22,24-25,39H2,1-2H3,(H2,38,48)(H,41,45)(H,42,49)(H,43,47)(H,44,46). The molecule has 2 aromatic carbocycles. The third-order valence-electron chi connectivity index (χ3n) is 8.13. The molecule has 0 spiro atoms. The Hall–Kier alpha value is -4.31. The van der Waals surface area contributed by atoms with Crippen LogP contribution in [0, 0.1) is 0 Å². The van der Waals surface area contributed by atoms with Gasteiger partial charge in [0.25, 0.3) is 0 Å². The highest BCUT2D eigenvalue weighted by molar-refractivity contribution is 7.78. The van der Waals surface area contributed by atoms with Gasteiger partial charge in [-0.05, 0) is 80.9 Å². The molecule has 53 heavy (non-hydrogen) atoms. The number of nitrogens with zero attached hydrogens (tertiary/aromatic N) is 1. The maximum atomic E-state index is 13.3. The molecule has 2 aromatic rings. The molecule has 2 atom stereocenters. The van der Waals surface area contributed by atoms with Gasteiger partial charge in [0, 0.05) is 19.5 Å². The number of aliphatic imine (C=N–C) groups is 1. The van der Waals surface area contributed by atoms with Gasteiger partial charge in [0.1, 0.15) is 12.1 Å². The highest BCUT2D eigenvalue weighted by Gasteiger charge is 2.25. The van der Waals surface area contributed by atoms with Gasteiger partial charge in [0.2, 0.25) is 29.5 Å². The number of hydrogen-bond donors (Lipinski definition) is 6. The molecule has 0 saturated carbocycles. The minimum atomic E-state index is -0.904. The SMILES string of the molecule is CC(C)(CC(=O)NC(CCCCNC(=O)C(CCCCNC(=O)CCOCCOCCN=C=S)NC(=O)Cc1ccc2ccccc2c1)C(N)=O)ON. The second-order valence-electron chi connectivity index (χ2n) is 13.1. The number of carbonyl (C=O) groups excluding carboxylic acids is 5. The number of thiocarbonyl (C=S) groups is 1. The van der Waals surface area contributed by atoms with Crippen molar-refractivity contribution in [1.29, 1.82) is 0 Å². The Morgan fingerprint density at radius 3 is 2.13 bits per heavy atom. The Morgan fingerprint density at radius 2 is 1.45 bits per heavy atom. The van der Waals surface area contributed by atoms with E-state index in [9.17, 15) is 24.0 Å². The van der Waals surface area contributed by atoms with Gasteiger partial charge in [-0.1, -0.05) is 42.5 Å². The summed E-state index contributed by atoms with van der Waals surface area (Å²) in [5.74, 6) is 3.36. The predicted octanol–water partition coefficient (Wildman–Crippen LogP) is 2.00. The van der Waals surface area contributed by atoms with E-state index < -0.39 is 29.5 Å². The number of nitrogens with two attached hydrogens (primary N) is 2. The summed E-state index contributed by atoms with van der Waals surface area (Å²) >= 11 is 4.49. The Labute approximate surface area is 316 Å². The fourth-order valence-corrected chi connectivity index (χ4v) is 5.34. The number of isothiocyanates is 1. The molecule has 2 unspecified atom stereocenters. The summed E-state index contributed by atoms with van der Waals surface area (Å²) in [4.78, 5) is 71.4. The van der Waals surface area contributed by atoms with Crippen LogP contribution in [0.25, 0.3) is 10.8 Å². The Morgan fingerprint density at radius 1 is 0.811 bits per heavy atom. The number of benzene rings is 2. The van der Waals surface area contributed by atoms with Gasteiger partial charge >= 0.3 is 0 Å². The summed E-state index contributed by atoms with van der Waals surface area (Å²) in [5.41, 5.74) is 5.41. The van der Waals surface area contributed by atoms with Gasteiger partial charge in [0.05, 0.1) is 56.6 Å². The first-order valence-corrected chi connectivity index (χ1v) is 18.3. The first-order valence-electron chi connectivity index (χ1n) is 17.9. The second kappa shape index (κ2) is 25.6. The van der Waals surface area contributed by atoms with Crippen molar-refractivity contribution in [3.63, 3.8) is 0 Å². The molecule has 0 radical (unpaired) electrons. The zero-order valence-corrected chi connectivity index (χ0v) is 31.6. The third kappa shape index (κ3) is 19.9. The largest absolute Gasteiger partial charge is 0.379 e. The van der Waals surface area contributed by atoms with Crippen LogP contribution in [0.4, 0.5) is 0 Å². The molecule has 0 fully saturated rings. The number of unbranched alkanes of at least 4 members (excludes halogenated alkanes) is 2. The van der Waals surface area contributed by atoms with Crippen LogP contribution >= 0.6 is 12.2 Å². The van der Waals surface area contributed by atoms with E-state index in [1.807, 2.05) is 42.5 Å². The molecule has 5 amide bonds. The molecule has 0 bridgehead atoms. The molecular formula is C37H55N7O8S. The number of ether oxygens (including phenoxy) is 2. The molecule has 0 aliphatic carbocycles. The molecule has 0 heterocycles. The number of primary amides is 1. The molecule has 16 heteroatoms. The fourth-order valence-electron chi connectivity index (χ4n) is 5.25. The van der Waals surface area contributed by atoms with E-state index in [4.69, 9.17) is 25.9 Å². The number of fused-ring (bicyclic) bond motifs is 1. The van der Waals surface area contributed by atoms with E-state index in [2.05, 4.69) is 43.6 Å².